The van der Waals surface area contributed by atoms with E-state index in [9.17, 15) is 14.0 Å². The second-order valence-electron chi connectivity index (χ2n) is 8.06. The van der Waals surface area contributed by atoms with E-state index in [0.29, 0.717) is 12.1 Å². The summed E-state index contributed by atoms with van der Waals surface area (Å²) in [5.74, 6) is -1.88. The van der Waals surface area contributed by atoms with Crippen LogP contribution in [0, 0.1) is 5.82 Å². The molecule has 2 aliphatic rings. The number of nitrogens with zero attached hydrogens (tertiary/aromatic N) is 2. The summed E-state index contributed by atoms with van der Waals surface area (Å²) in [4.78, 5) is 29.0. The van der Waals surface area contributed by atoms with Crippen molar-refractivity contribution in [1.82, 2.24) is 5.32 Å². The molecule has 170 valence electrons. The summed E-state index contributed by atoms with van der Waals surface area (Å²) < 4.78 is 14.3. The van der Waals surface area contributed by atoms with E-state index in [4.69, 9.17) is 23.8 Å². The third-order valence-electron chi connectivity index (χ3n) is 5.92. The molecule has 2 amide bonds. The molecule has 5 nitrogen and oxygen atoms in total. The van der Waals surface area contributed by atoms with Crippen molar-refractivity contribution >= 4 is 58.2 Å². The summed E-state index contributed by atoms with van der Waals surface area (Å²) in [6.07, 6.45) is 2.35. The van der Waals surface area contributed by atoms with Crippen LogP contribution in [0.5, 0.6) is 0 Å². The minimum Gasteiger partial charge on any atom is -0.367 e. The highest BCUT2D eigenvalue weighted by molar-refractivity contribution is 7.80. The van der Waals surface area contributed by atoms with Crippen LogP contribution in [0.2, 0.25) is 5.02 Å². The lowest BCUT2D eigenvalue weighted by Gasteiger charge is -2.29. The topological polar surface area (TPSA) is 52.7 Å². The second kappa shape index (κ2) is 9.00. The van der Waals surface area contributed by atoms with E-state index in [1.165, 1.54) is 24.3 Å². The van der Waals surface area contributed by atoms with Gasteiger partial charge in [0.25, 0.3) is 11.8 Å². The number of benzene rings is 3. The van der Waals surface area contributed by atoms with Crippen LogP contribution in [0.4, 0.5) is 15.8 Å². The highest BCUT2D eigenvalue weighted by Gasteiger charge is 2.35. The van der Waals surface area contributed by atoms with Gasteiger partial charge in [0, 0.05) is 23.8 Å². The number of nitrogens with one attached hydrogen (secondary N) is 1. The number of para-hydroxylation sites is 1. The number of carbonyl (C=O) groups excluding carboxylic acids is 2. The first-order valence-electron chi connectivity index (χ1n) is 10.7. The molecule has 0 unspecified atom stereocenters. The van der Waals surface area contributed by atoms with Crippen molar-refractivity contribution < 1.29 is 14.0 Å². The number of rotatable bonds is 4. The van der Waals surface area contributed by atoms with Crippen molar-refractivity contribution in [2.24, 2.45) is 0 Å². The van der Waals surface area contributed by atoms with Crippen LogP contribution in [0.15, 0.2) is 72.3 Å². The van der Waals surface area contributed by atoms with E-state index in [-0.39, 0.29) is 16.4 Å². The first-order valence-corrected chi connectivity index (χ1v) is 11.5. The number of carbonyl (C=O) groups is 2. The van der Waals surface area contributed by atoms with Gasteiger partial charge in [0.05, 0.1) is 5.69 Å². The van der Waals surface area contributed by atoms with Gasteiger partial charge < -0.3 is 4.90 Å². The number of halogens is 2. The molecule has 34 heavy (non-hydrogen) atoms. The van der Waals surface area contributed by atoms with Crippen molar-refractivity contribution in [2.75, 3.05) is 16.3 Å². The summed E-state index contributed by atoms with van der Waals surface area (Å²) >= 11 is 11.5. The SMILES string of the molecule is O=C1NC(=S)N(c2ccccc2F)C(=O)C1=Cc1ccc2c(c1)CCN2Cc1ccccc1Cl. The molecule has 1 fully saturated rings. The molecule has 1 N–H and O–H groups in total. The summed E-state index contributed by atoms with van der Waals surface area (Å²) in [5.41, 5.74) is 3.85. The summed E-state index contributed by atoms with van der Waals surface area (Å²) in [6, 6.07) is 19.4. The van der Waals surface area contributed by atoms with Crippen LogP contribution in [0.25, 0.3) is 6.08 Å². The number of thiocarbonyl (C=S) groups is 1. The largest absolute Gasteiger partial charge is 0.367 e. The van der Waals surface area contributed by atoms with E-state index < -0.39 is 17.6 Å². The van der Waals surface area contributed by atoms with Gasteiger partial charge in [-0.15, -0.1) is 0 Å². The Hall–Kier alpha value is -3.55. The fraction of sp³-hybridized carbons (Fsp3) is 0.115. The van der Waals surface area contributed by atoms with Gasteiger partial charge in [-0.25, -0.2) is 9.29 Å². The zero-order valence-electron chi connectivity index (χ0n) is 17.9. The standard InChI is InChI=1S/C26H19ClFN3O2S/c27-20-6-2-1-5-18(20)15-30-12-11-17-13-16(9-10-22(17)30)14-19-24(32)29-26(34)31(25(19)33)23-8-4-3-7-21(23)28/h1-10,13-14H,11-12,15H2,(H,29,32,34). The normalized spacial score (nSPS) is 16.8. The Kier molecular flexibility index (Phi) is 5.89. The van der Waals surface area contributed by atoms with E-state index in [0.717, 1.165) is 39.7 Å². The first kappa shape index (κ1) is 22.3. The number of fused-ring (bicyclic) bond motifs is 1. The maximum Gasteiger partial charge on any atom is 0.270 e. The Labute approximate surface area is 206 Å². The van der Waals surface area contributed by atoms with Gasteiger partial charge in [-0.2, -0.15) is 0 Å². The van der Waals surface area contributed by atoms with Crippen LogP contribution in [-0.2, 0) is 22.6 Å². The van der Waals surface area contributed by atoms with Gasteiger partial charge in [-0.1, -0.05) is 48.0 Å². The Morgan fingerprint density at radius 1 is 1.03 bits per heavy atom. The van der Waals surface area contributed by atoms with Crippen LogP contribution in [0.3, 0.4) is 0 Å². The molecule has 0 radical (unpaired) electrons. The zero-order chi connectivity index (χ0) is 23.8. The highest BCUT2D eigenvalue weighted by atomic mass is 35.5. The third-order valence-corrected chi connectivity index (χ3v) is 6.57. The van der Waals surface area contributed by atoms with Gasteiger partial charge in [-0.05, 0) is 71.7 Å². The maximum absolute atomic E-state index is 14.3. The fourth-order valence-corrected chi connectivity index (χ4v) is 4.72. The summed E-state index contributed by atoms with van der Waals surface area (Å²) in [6.45, 7) is 1.54. The van der Waals surface area contributed by atoms with Gasteiger partial charge in [0.1, 0.15) is 11.4 Å². The molecule has 2 aliphatic heterocycles. The lowest BCUT2D eigenvalue weighted by atomic mass is 10.0. The Bertz CT molecular complexity index is 1370. The van der Waals surface area contributed by atoms with E-state index >= 15 is 0 Å². The monoisotopic (exact) mass is 491 g/mol. The maximum atomic E-state index is 14.3. The van der Waals surface area contributed by atoms with Gasteiger partial charge in [0.15, 0.2) is 5.11 Å². The molecule has 2 heterocycles. The van der Waals surface area contributed by atoms with Crippen LogP contribution in [0.1, 0.15) is 16.7 Å². The number of hydrogen-bond donors (Lipinski definition) is 1. The number of anilines is 2. The predicted octanol–water partition coefficient (Wildman–Crippen LogP) is 4.87. The highest BCUT2D eigenvalue weighted by Crippen LogP contribution is 2.32. The lowest BCUT2D eigenvalue weighted by Crippen LogP contribution is -2.54. The molecular formula is C26H19ClFN3O2S. The molecule has 0 bridgehead atoms. The van der Waals surface area contributed by atoms with Gasteiger partial charge >= 0.3 is 0 Å². The fourth-order valence-electron chi connectivity index (χ4n) is 4.25. The first-order chi connectivity index (χ1) is 16.4. The molecule has 0 saturated carbocycles. The predicted molar refractivity (Wildman–Crippen MR) is 135 cm³/mol. The second-order valence-corrected chi connectivity index (χ2v) is 8.85. The van der Waals surface area contributed by atoms with Crippen molar-refractivity contribution in [1.29, 1.82) is 0 Å². The van der Waals surface area contributed by atoms with Crippen LogP contribution < -0.4 is 15.1 Å². The van der Waals surface area contributed by atoms with E-state index in [1.807, 2.05) is 42.5 Å². The van der Waals surface area contributed by atoms with Gasteiger partial charge in [0.2, 0.25) is 0 Å². The van der Waals surface area contributed by atoms with E-state index in [2.05, 4.69) is 10.2 Å². The molecule has 1 saturated heterocycles. The van der Waals surface area contributed by atoms with Crippen molar-refractivity contribution in [2.45, 2.75) is 13.0 Å². The van der Waals surface area contributed by atoms with Crippen LogP contribution in [-0.4, -0.2) is 23.5 Å². The van der Waals surface area contributed by atoms with E-state index in [1.54, 1.807) is 6.07 Å². The number of amides is 2. The summed E-state index contributed by atoms with van der Waals surface area (Å²) in [5, 5.41) is 3.07. The molecule has 0 spiro atoms. The molecule has 8 heteroatoms. The van der Waals surface area contributed by atoms with Crippen molar-refractivity contribution in [3.05, 3.63) is 99.8 Å². The minimum atomic E-state index is -0.667. The molecule has 5 rings (SSSR count). The minimum absolute atomic E-state index is 0.00688. The smallest absolute Gasteiger partial charge is 0.270 e. The molecule has 0 aliphatic carbocycles. The third kappa shape index (κ3) is 4.08. The Balaban J connectivity index is 1.43. The molecule has 0 atom stereocenters. The zero-order valence-corrected chi connectivity index (χ0v) is 19.5. The van der Waals surface area contributed by atoms with Gasteiger partial charge in [-0.3, -0.25) is 14.9 Å². The van der Waals surface area contributed by atoms with Crippen LogP contribution >= 0.6 is 23.8 Å². The quantitative estimate of drug-likeness (QED) is 0.321. The molecule has 0 aromatic heterocycles. The average molecular weight is 492 g/mol. The summed E-state index contributed by atoms with van der Waals surface area (Å²) in [7, 11) is 0. The molecular weight excluding hydrogens is 473 g/mol. The molecule has 3 aromatic rings. The van der Waals surface area contributed by atoms with Crippen molar-refractivity contribution in [3.8, 4) is 0 Å². The average Bonchev–Trinajstić information content (AvgIpc) is 3.21. The Morgan fingerprint density at radius 2 is 1.79 bits per heavy atom. The number of hydrogen-bond acceptors (Lipinski definition) is 4. The van der Waals surface area contributed by atoms with Crippen molar-refractivity contribution in [3.63, 3.8) is 0 Å². The Morgan fingerprint density at radius 3 is 2.59 bits per heavy atom. The molecule has 3 aromatic carbocycles. The lowest BCUT2D eigenvalue weighted by molar-refractivity contribution is -0.122.